The van der Waals surface area contributed by atoms with Crippen molar-refractivity contribution < 1.29 is 19.0 Å². The molecular weight excluding hydrogens is 268 g/mol. The standard InChI is InChI=1S/C17H26O4/c1-6-15(19-8-3)20-13-9-11-14(12-10-13)21-16(18)17(4,5)7-2/h9-12,15H,6-8H2,1-5H3. The summed E-state index contributed by atoms with van der Waals surface area (Å²) in [4.78, 5) is 12.0. The predicted octanol–water partition coefficient (Wildman–Crippen LogP) is 4.18. The van der Waals surface area contributed by atoms with Crippen LogP contribution in [0, 0.1) is 5.41 Å². The molecule has 0 saturated heterocycles. The SMILES string of the molecule is CCOC(CC)Oc1ccc(OC(=O)C(C)(C)CC)cc1. The predicted molar refractivity (Wildman–Crippen MR) is 82.5 cm³/mol. The van der Waals surface area contributed by atoms with Gasteiger partial charge in [-0.15, -0.1) is 0 Å². The van der Waals surface area contributed by atoms with E-state index >= 15 is 0 Å². The van der Waals surface area contributed by atoms with Crippen molar-refractivity contribution in [1.82, 2.24) is 0 Å². The van der Waals surface area contributed by atoms with Gasteiger partial charge in [0, 0.05) is 13.0 Å². The van der Waals surface area contributed by atoms with Gasteiger partial charge in [0.05, 0.1) is 5.41 Å². The van der Waals surface area contributed by atoms with Crippen molar-refractivity contribution in [2.45, 2.75) is 53.8 Å². The van der Waals surface area contributed by atoms with Crippen LogP contribution in [-0.4, -0.2) is 18.9 Å². The molecule has 0 saturated carbocycles. The fraction of sp³-hybridized carbons (Fsp3) is 0.588. The summed E-state index contributed by atoms with van der Waals surface area (Å²) in [5, 5.41) is 0. The molecule has 0 aliphatic carbocycles. The minimum atomic E-state index is -0.475. The lowest BCUT2D eigenvalue weighted by Crippen LogP contribution is -2.28. The van der Waals surface area contributed by atoms with E-state index in [9.17, 15) is 4.79 Å². The molecule has 118 valence electrons. The average molecular weight is 294 g/mol. The van der Waals surface area contributed by atoms with Crippen LogP contribution in [0.1, 0.15) is 47.5 Å². The van der Waals surface area contributed by atoms with Gasteiger partial charge in [-0.3, -0.25) is 4.79 Å². The number of ether oxygens (including phenoxy) is 3. The first-order chi connectivity index (χ1) is 9.92. The van der Waals surface area contributed by atoms with Gasteiger partial charge in [0.15, 0.2) is 6.29 Å². The fourth-order valence-corrected chi connectivity index (χ4v) is 1.55. The highest BCUT2D eigenvalue weighted by molar-refractivity contribution is 5.78. The fourth-order valence-electron chi connectivity index (χ4n) is 1.55. The summed E-state index contributed by atoms with van der Waals surface area (Å²) in [6.07, 6.45) is 1.26. The van der Waals surface area contributed by atoms with Crippen LogP contribution < -0.4 is 9.47 Å². The lowest BCUT2D eigenvalue weighted by atomic mass is 9.91. The summed E-state index contributed by atoms with van der Waals surface area (Å²) < 4.78 is 16.5. The number of esters is 1. The molecule has 1 unspecified atom stereocenters. The minimum Gasteiger partial charge on any atom is -0.465 e. The first-order valence-corrected chi connectivity index (χ1v) is 7.53. The van der Waals surface area contributed by atoms with Crippen LogP contribution in [0.3, 0.4) is 0 Å². The Morgan fingerprint density at radius 1 is 1.10 bits per heavy atom. The molecular formula is C17H26O4. The highest BCUT2D eigenvalue weighted by atomic mass is 16.7. The second kappa shape index (κ2) is 8.03. The van der Waals surface area contributed by atoms with Crippen molar-refractivity contribution in [3.8, 4) is 11.5 Å². The maximum Gasteiger partial charge on any atom is 0.316 e. The van der Waals surface area contributed by atoms with Crippen LogP contribution in [0.15, 0.2) is 24.3 Å². The van der Waals surface area contributed by atoms with Gasteiger partial charge in [-0.1, -0.05) is 13.8 Å². The first-order valence-electron chi connectivity index (χ1n) is 7.53. The molecule has 21 heavy (non-hydrogen) atoms. The molecule has 0 heterocycles. The third-order valence-electron chi connectivity index (χ3n) is 3.42. The van der Waals surface area contributed by atoms with Crippen molar-refractivity contribution in [1.29, 1.82) is 0 Å². The van der Waals surface area contributed by atoms with Crippen LogP contribution in [0.25, 0.3) is 0 Å². The van der Waals surface area contributed by atoms with Gasteiger partial charge in [-0.25, -0.2) is 0 Å². The smallest absolute Gasteiger partial charge is 0.316 e. The molecule has 0 aromatic heterocycles. The largest absolute Gasteiger partial charge is 0.465 e. The van der Waals surface area contributed by atoms with Gasteiger partial charge in [0.25, 0.3) is 0 Å². The molecule has 0 bridgehead atoms. The molecule has 1 atom stereocenters. The average Bonchev–Trinajstić information content (AvgIpc) is 2.48. The highest BCUT2D eigenvalue weighted by Crippen LogP contribution is 2.25. The molecule has 0 radical (unpaired) electrons. The second-order valence-corrected chi connectivity index (χ2v) is 5.51. The molecule has 1 aromatic rings. The molecule has 0 aliphatic rings. The van der Waals surface area contributed by atoms with Crippen LogP contribution in [0.5, 0.6) is 11.5 Å². The number of benzene rings is 1. The van der Waals surface area contributed by atoms with E-state index < -0.39 is 5.41 Å². The summed E-state index contributed by atoms with van der Waals surface area (Å²) in [6.45, 7) is 10.3. The second-order valence-electron chi connectivity index (χ2n) is 5.51. The Morgan fingerprint density at radius 3 is 2.14 bits per heavy atom. The van der Waals surface area contributed by atoms with E-state index in [0.717, 1.165) is 12.8 Å². The van der Waals surface area contributed by atoms with Gasteiger partial charge in [-0.05, 0) is 51.5 Å². The number of carbonyl (C=O) groups excluding carboxylic acids is 1. The molecule has 1 aromatic carbocycles. The Morgan fingerprint density at radius 2 is 1.67 bits per heavy atom. The van der Waals surface area contributed by atoms with Crippen molar-refractivity contribution in [2.24, 2.45) is 5.41 Å². The van der Waals surface area contributed by atoms with E-state index in [1.807, 2.05) is 34.6 Å². The van der Waals surface area contributed by atoms with E-state index in [4.69, 9.17) is 14.2 Å². The zero-order chi connectivity index (χ0) is 15.9. The molecule has 0 aliphatic heterocycles. The minimum absolute atomic E-state index is 0.223. The Hall–Kier alpha value is -1.55. The van der Waals surface area contributed by atoms with Crippen molar-refractivity contribution in [3.63, 3.8) is 0 Å². The molecule has 0 N–H and O–H groups in total. The Kier molecular flexibility index (Phi) is 6.69. The van der Waals surface area contributed by atoms with Gasteiger partial charge in [0.1, 0.15) is 11.5 Å². The normalized spacial score (nSPS) is 12.8. The number of carbonyl (C=O) groups is 1. The zero-order valence-corrected chi connectivity index (χ0v) is 13.6. The van der Waals surface area contributed by atoms with E-state index in [1.165, 1.54) is 0 Å². The Bertz CT molecular complexity index is 437. The molecule has 4 nitrogen and oxygen atoms in total. The van der Waals surface area contributed by atoms with E-state index in [1.54, 1.807) is 24.3 Å². The van der Waals surface area contributed by atoms with E-state index in [-0.39, 0.29) is 12.3 Å². The maximum absolute atomic E-state index is 12.0. The topological polar surface area (TPSA) is 44.8 Å². The van der Waals surface area contributed by atoms with Gasteiger partial charge >= 0.3 is 5.97 Å². The number of hydrogen-bond acceptors (Lipinski definition) is 4. The summed E-state index contributed by atoms with van der Waals surface area (Å²) in [5.41, 5.74) is -0.475. The number of hydrogen-bond donors (Lipinski definition) is 0. The summed E-state index contributed by atoms with van der Waals surface area (Å²) in [6, 6.07) is 7.03. The Balaban J connectivity index is 2.64. The summed E-state index contributed by atoms with van der Waals surface area (Å²) in [5.74, 6) is 1.00. The van der Waals surface area contributed by atoms with Gasteiger partial charge < -0.3 is 14.2 Å². The maximum atomic E-state index is 12.0. The Labute approximate surface area is 127 Å². The lowest BCUT2D eigenvalue weighted by molar-refractivity contribution is -0.144. The van der Waals surface area contributed by atoms with Crippen LogP contribution in [0.4, 0.5) is 0 Å². The van der Waals surface area contributed by atoms with Crippen molar-refractivity contribution >= 4 is 5.97 Å². The summed E-state index contributed by atoms with van der Waals surface area (Å²) in [7, 11) is 0. The van der Waals surface area contributed by atoms with Crippen molar-refractivity contribution in [2.75, 3.05) is 6.61 Å². The van der Waals surface area contributed by atoms with Gasteiger partial charge in [0.2, 0.25) is 0 Å². The molecule has 0 fully saturated rings. The quantitative estimate of drug-likeness (QED) is 0.410. The van der Waals surface area contributed by atoms with Crippen LogP contribution in [-0.2, 0) is 9.53 Å². The molecule has 1 rings (SSSR count). The van der Waals surface area contributed by atoms with Crippen LogP contribution >= 0.6 is 0 Å². The highest BCUT2D eigenvalue weighted by Gasteiger charge is 2.27. The van der Waals surface area contributed by atoms with E-state index in [2.05, 4.69) is 0 Å². The zero-order valence-electron chi connectivity index (χ0n) is 13.6. The van der Waals surface area contributed by atoms with Crippen molar-refractivity contribution in [3.05, 3.63) is 24.3 Å². The third-order valence-corrected chi connectivity index (χ3v) is 3.42. The van der Waals surface area contributed by atoms with E-state index in [0.29, 0.717) is 18.1 Å². The molecule has 0 spiro atoms. The summed E-state index contributed by atoms with van der Waals surface area (Å²) >= 11 is 0. The first kappa shape index (κ1) is 17.5. The lowest BCUT2D eigenvalue weighted by Gasteiger charge is -2.20. The third kappa shape index (κ3) is 5.38. The molecule has 0 amide bonds. The monoisotopic (exact) mass is 294 g/mol. The number of rotatable bonds is 8. The van der Waals surface area contributed by atoms with Crippen LogP contribution in [0.2, 0.25) is 0 Å². The van der Waals surface area contributed by atoms with Gasteiger partial charge in [-0.2, -0.15) is 0 Å². The molecule has 4 heteroatoms.